The molecule has 142 valence electrons. The van der Waals surface area contributed by atoms with Gasteiger partial charge in [0.05, 0.1) is 19.9 Å². The maximum Gasteiger partial charge on any atom is 0.259 e. The summed E-state index contributed by atoms with van der Waals surface area (Å²) in [5.74, 6) is 0.495. The van der Waals surface area contributed by atoms with Crippen molar-refractivity contribution >= 4 is 29.2 Å². The maximum absolute atomic E-state index is 11.9. The van der Waals surface area contributed by atoms with Crippen LogP contribution in [0.2, 0.25) is 0 Å². The number of rotatable bonds is 8. The zero-order chi connectivity index (χ0) is 19.6. The third-order valence-electron chi connectivity index (χ3n) is 3.90. The van der Waals surface area contributed by atoms with Gasteiger partial charge in [-0.25, -0.2) is 5.43 Å². The summed E-state index contributed by atoms with van der Waals surface area (Å²) in [5.41, 5.74) is 6.21. The molecule has 0 aliphatic rings. The van der Waals surface area contributed by atoms with E-state index >= 15 is 0 Å². The van der Waals surface area contributed by atoms with Gasteiger partial charge in [0.25, 0.3) is 5.91 Å². The van der Waals surface area contributed by atoms with Gasteiger partial charge in [-0.15, -0.1) is 0 Å². The molecule has 0 heterocycles. The molecule has 1 amide bonds. The van der Waals surface area contributed by atoms with Gasteiger partial charge in [0.2, 0.25) is 0 Å². The number of carbonyl (C=O) groups excluding carboxylic acids is 1. The smallest absolute Gasteiger partial charge is 0.259 e. The number of carbonyl (C=O) groups is 1. The molecule has 0 saturated carbocycles. The van der Waals surface area contributed by atoms with Gasteiger partial charge in [0.1, 0.15) is 5.75 Å². The minimum absolute atomic E-state index is 0.116. The van der Waals surface area contributed by atoms with Crippen LogP contribution < -0.4 is 20.8 Å². The van der Waals surface area contributed by atoms with Crippen molar-refractivity contribution in [1.82, 2.24) is 5.43 Å². The predicted octanol–water partition coefficient (Wildman–Crippen LogP) is 4.00. The number of para-hydroxylation sites is 1. The molecule has 0 atom stereocenters. The Balaban J connectivity index is 1.45. The molecule has 0 aliphatic carbocycles. The summed E-state index contributed by atoms with van der Waals surface area (Å²) in [6.45, 7) is 0.116. The molecule has 0 radical (unpaired) electrons. The fourth-order valence-electron chi connectivity index (χ4n) is 2.47. The van der Waals surface area contributed by atoms with E-state index in [-0.39, 0.29) is 12.5 Å². The molecule has 6 nitrogen and oxygen atoms in total. The Morgan fingerprint density at radius 2 is 1.64 bits per heavy atom. The zero-order valence-electron chi connectivity index (χ0n) is 15.6. The summed E-state index contributed by atoms with van der Waals surface area (Å²) in [7, 11) is 1.60. The molecule has 6 heteroatoms. The molecule has 0 spiro atoms. The highest BCUT2D eigenvalue weighted by Gasteiger charge is 2.00. The second-order valence-electron chi connectivity index (χ2n) is 5.99. The van der Waals surface area contributed by atoms with Crippen molar-refractivity contribution in [2.24, 2.45) is 5.10 Å². The molecule has 0 aliphatic heterocycles. The van der Waals surface area contributed by atoms with Crippen LogP contribution in [-0.4, -0.2) is 25.8 Å². The normalized spacial score (nSPS) is 10.5. The van der Waals surface area contributed by atoms with Crippen LogP contribution in [0, 0.1) is 0 Å². The molecule has 0 saturated heterocycles. The van der Waals surface area contributed by atoms with E-state index in [9.17, 15) is 4.79 Å². The average molecular weight is 374 g/mol. The van der Waals surface area contributed by atoms with E-state index in [1.165, 1.54) is 0 Å². The van der Waals surface area contributed by atoms with Crippen molar-refractivity contribution in [3.8, 4) is 5.75 Å². The summed E-state index contributed by atoms with van der Waals surface area (Å²) in [6, 6.07) is 25.1. The Bertz CT molecular complexity index is 925. The largest absolute Gasteiger partial charge is 0.497 e. The fraction of sp³-hybridized carbons (Fsp3) is 0.0909. The lowest BCUT2D eigenvalue weighted by Gasteiger charge is -2.07. The van der Waals surface area contributed by atoms with Gasteiger partial charge >= 0.3 is 0 Å². The number of hydrazone groups is 1. The molecule has 0 unspecified atom stereocenters. The van der Waals surface area contributed by atoms with Crippen LogP contribution in [0.25, 0.3) is 0 Å². The molecule has 28 heavy (non-hydrogen) atoms. The Hall–Kier alpha value is -3.80. The molecule has 3 aromatic rings. The highest BCUT2D eigenvalue weighted by molar-refractivity contribution is 5.84. The Morgan fingerprint density at radius 3 is 2.39 bits per heavy atom. The minimum Gasteiger partial charge on any atom is -0.497 e. The van der Waals surface area contributed by atoms with Crippen molar-refractivity contribution in [3.05, 3.63) is 84.4 Å². The summed E-state index contributed by atoms with van der Waals surface area (Å²) >= 11 is 0. The van der Waals surface area contributed by atoms with Crippen LogP contribution >= 0.6 is 0 Å². The van der Waals surface area contributed by atoms with Crippen molar-refractivity contribution in [3.63, 3.8) is 0 Å². The molecule has 0 bridgehead atoms. The Labute approximate surface area is 164 Å². The summed E-state index contributed by atoms with van der Waals surface area (Å²) in [6.07, 6.45) is 1.61. The minimum atomic E-state index is -0.235. The topological polar surface area (TPSA) is 74.8 Å². The van der Waals surface area contributed by atoms with E-state index in [0.717, 1.165) is 28.4 Å². The molecular formula is C22H22N4O2. The summed E-state index contributed by atoms with van der Waals surface area (Å²) in [5, 5.41) is 10.3. The number of anilines is 3. The maximum atomic E-state index is 11.9. The van der Waals surface area contributed by atoms with Crippen molar-refractivity contribution < 1.29 is 9.53 Å². The fourth-order valence-corrected chi connectivity index (χ4v) is 2.47. The van der Waals surface area contributed by atoms with E-state index < -0.39 is 0 Å². The molecular weight excluding hydrogens is 352 g/mol. The highest BCUT2D eigenvalue weighted by Crippen LogP contribution is 2.17. The number of hydrogen-bond donors (Lipinski definition) is 3. The number of benzene rings is 3. The van der Waals surface area contributed by atoms with E-state index in [2.05, 4.69) is 21.2 Å². The first-order chi connectivity index (χ1) is 13.7. The van der Waals surface area contributed by atoms with E-state index in [1.807, 2.05) is 78.9 Å². The third kappa shape index (κ3) is 5.88. The lowest BCUT2D eigenvalue weighted by molar-refractivity contribution is -0.119. The van der Waals surface area contributed by atoms with Crippen LogP contribution in [0.15, 0.2) is 84.0 Å². The van der Waals surface area contributed by atoms with Gasteiger partial charge in [-0.05, 0) is 42.0 Å². The Kier molecular flexibility index (Phi) is 6.62. The quantitative estimate of drug-likeness (QED) is 0.411. The van der Waals surface area contributed by atoms with Gasteiger partial charge < -0.3 is 15.4 Å². The molecule has 3 rings (SSSR count). The first-order valence-corrected chi connectivity index (χ1v) is 8.85. The van der Waals surface area contributed by atoms with E-state index in [4.69, 9.17) is 4.74 Å². The van der Waals surface area contributed by atoms with Crippen LogP contribution in [0.5, 0.6) is 5.75 Å². The van der Waals surface area contributed by atoms with Crippen molar-refractivity contribution in [2.45, 2.75) is 0 Å². The first kappa shape index (κ1) is 19.0. The SMILES string of the molecule is COc1cccc(NCC(=O)N/N=C\c2ccc(Nc3ccccc3)cc2)c1. The number of hydrogen-bond acceptors (Lipinski definition) is 5. The average Bonchev–Trinajstić information content (AvgIpc) is 2.74. The predicted molar refractivity (Wildman–Crippen MR) is 113 cm³/mol. The van der Waals surface area contributed by atoms with Gasteiger partial charge in [-0.2, -0.15) is 5.10 Å². The molecule has 0 fully saturated rings. The van der Waals surface area contributed by atoms with Gasteiger partial charge in [0, 0.05) is 23.1 Å². The number of methoxy groups -OCH3 is 1. The van der Waals surface area contributed by atoms with Crippen LogP contribution in [-0.2, 0) is 4.79 Å². The molecule has 3 N–H and O–H groups in total. The van der Waals surface area contributed by atoms with Gasteiger partial charge in [-0.3, -0.25) is 4.79 Å². The summed E-state index contributed by atoms with van der Waals surface area (Å²) < 4.78 is 5.15. The van der Waals surface area contributed by atoms with Crippen molar-refractivity contribution in [1.29, 1.82) is 0 Å². The first-order valence-electron chi connectivity index (χ1n) is 8.85. The lowest BCUT2D eigenvalue weighted by atomic mass is 10.2. The highest BCUT2D eigenvalue weighted by atomic mass is 16.5. The monoisotopic (exact) mass is 374 g/mol. The number of amides is 1. The molecule has 3 aromatic carbocycles. The van der Waals surface area contributed by atoms with Crippen LogP contribution in [0.3, 0.4) is 0 Å². The number of ether oxygens (including phenoxy) is 1. The standard InChI is InChI=1S/C22H22N4O2/c1-28-21-9-5-8-20(14-21)23-16-22(27)26-24-15-17-10-12-19(13-11-17)25-18-6-3-2-4-7-18/h2-15,23,25H,16H2,1H3,(H,26,27)/b24-15-. The van der Waals surface area contributed by atoms with Crippen molar-refractivity contribution in [2.75, 3.05) is 24.3 Å². The second-order valence-corrected chi connectivity index (χ2v) is 5.99. The summed E-state index contributed by atoms with van der Waals surface area (Å²) in [4.78, 5) is 11.9. The second kappa shape index (κ2) is 9.78. The van der Waals surface area contributed by atoms with E-state index in [0.29, 0.717) is 0 Å². The van der Waals surface area contributed by atoms with Crippen LogP contribution in [0.1, 0.15) is 5.56 Å². The Morgan fingerprint density at radius 1 is 0.929 bits per heavy atom. The van der Waals surface area contributed by atoms with Crippen LogP contribution in [0.4, 0.5) is 17.1 Å². The number of nitrogens with zero attached hydrogens (tertiary/aromatic N) is 1. The van der Waals surface area contributed by atoms with Gasteiger partial charge in [-0.1, -0.05) is 36.4 Å². The zero-order valence-corrected chi connectivity index (χ0v) is 15.6. The van der Waals surface area contributed by atoms with Gasteiger partial charge in [0.15, 0.2) is 0 Å². The number of nitrogens with one attached hydrogen (secondary N) is 3. The molecule has 0 aromatic heterocycles. The lowest BCUT2D eigenvalue weighted by Crippen LogP contribution is -2.25. The third-order valence-corrected chi connectivity index (χ3v) is 3.90. The van der Waals surface area contributed by atoms with E-state index in [1.54, 1.807) is 13.3 Å².